The third-order valence-corrected chi connectivity index (χ3v) is 12.0. The van der Waals surface area contributed by atoms with Crippen molar-refractivity contribution in [1.82, 2.24) is 20.0 Å². The number of aromatic hydroxyl groups is 1. The molecule has 0 radical (unpaired) electrons. The lowest BCUT2D eigenvalue weighted by Crippen LogP contribution is -2.74. The molecule has 0 aliphatic carbocycles. The molecule has 4 aromatic rings. The van der Waals surface area contributed by atoms with Gasteiger partial charge >= 0.3 is 12.0 Å². The van der Waals surface area contributed by atoms with Gasteiger partial charge in [0.05, 0.1) is 6.54 Å². The third kappa shape index (κ3) is 14.3. The molecular weight excluding hydrogens is 825 g/mol. The molecule has 2 saturated heterocycles. The van der Waals surface area contributed by atoms with Crippen molar-refractivity contribution in [3.05, 3.63) is 186 Å². The van der Waals surface area contributed by atoms with Gasteiger partial charge < -0.3 is 25.3 Å². The Hall–Kier alpha value is -6.94. The van der Waals surface area contributed by atoms with E-state index in [1.54, 1.807) is 39.0 Å². The van der Waals surface area contributed by atoms with Crippen molar-refractivity contribution in [1.29, 1.82) is 0 Å². The number of aliphatic carboxylic acids is 1. The molecule has 0 saturated carbocycles. The Balaban J connectivity index is 1.30. The van der Waals surface area contributed by atoms with E-state index in [9.17, 15) is 29.4 Å². The van der Waals surface area contributed by atoms with Gasteiger partial charge in [-0.15, -0.1) is 0 Å². The van der Waals surface area contributed by atoms with E-state index >= 15 is 0 Å². The van der Waals surface area contributed by atoms with Gasteiger partial charge in [-0.25, -0.2) is 4.79 Å². The van der Waals surface area contributed by atoms with Crippen molar-refractivity contribution >= 4 is 34.6 Å². The molecular formula is C56H64N4O6. The highest BCUT2D eigenvalue weighted by molar-refractivity contribution is 5.92. The van der Waals surface area contributed by atoms with E-state index in [-0.39, 0.29) is 62.5 Å². The van der Waals surface area contributed by atoms with E-state index in [1.807, 2.05) is 84.9 Å². The summed E-state index contributed by atoms with van der Waals surface area (Å²) >= 11 is 0. The van der Waals surface area contributed by atoms with Crippen molar-refractivity contribution in [3.8, 4) is 5.75 Å². The number of rotatable bonds is 22. The summed E-state index contributed by atoms with van der Waals surface area (Å²) in [6, 6.07) is 28.7. The molecule has 2 heterocycles. The highest BCUT2D eigenvalue weighted by atomic mass is 16.4. The van der Waals surface area contributed by atoms with Gasteiger partial charge in [0.15, 0.2) is 0 Å². The summed E-state index contributed by atoms with van der Waals surface area (Å²) in [6.07, 6.45) is 28.4. The Morgan fingerprint density at radius 3 is 2.12 bits per heavy atom. The minimum atomic E-state index is -0.897. The number of piperazine rings is 1. The number of nitrogens with one attached hydrogen (secondary N) is 1. The predicted molar refractivity (Wildman–Crippen MR) is 263 cm³/mol. The first-order valence-electron chi connectivity index (χ1n) is 23.3. The second kappa shape index (κ2) is 25.5. The molecule has 3 atom stereocenters. The van der Waals surface area contributed by atoms with Crippen LogP contribution in [0.4, 0.5) is 4.79 Å². The van der Waals surface area contributed by atoms with E-state index in [2.05, 4.69) is 66.9 Å². The Bertz CT molecular complexity index is 2410. The maximum Gasteiger partial charge on any atom is 0.319 e. The fourth-order valence-electron chi connectivity index (χ4n) is 8.70. The number of carboxylic acids is 1. The zero-order valence-electron chi connectivity index (χ0n) is 38.1. The first-order valence-corrected chi connectivity index (χ1v) is 23.3. The van der Waals surface area contributed by atoms with Crippen LogP contribution in [0.5, 0.6) is 5.75 Å². The Morgan fingerprint density at radius 2 is 1.41 bits per heavy atom. The number of phenols is 1. The summed E-state index contributed by atoms with van der Waals surface area (Å²) in [4.78, 5) is 60.8. The molecule has 0 bridgehead atoms. The lowest BCUT2D eigenvalue weighted by atomic mass is 9.91. The summed E-state index contributed by atoms with van der Waals surface area (Å²) in [7, 11) is 0. The molecule has 4 amide bonds. The lowest BCUT2D eigenvalue weighted by Gasteiger charge is -2.55. The maximum atomic E-state index is 14.8. The summed E-state index contributed by atoms with van der Waals surface area (Å²) < 4.78 is 0. The van der Waals surface area contributed by atoms with Gasteiger partial charge in [-0.05, 0) is 91.0 Å². The molecule has 0 aromatic heterocycles. The summed E-state index contributed by atoms with van der Waals surface area (Å²) in [5.41, 5.74) is 3.70. The predicted octanol–water partition coefficient (Wildman–Crippen LogP) is 11.0. The van der Waals surface area contributed by atoms with Gasteiger partial charge in [0.1, 0.15) is 18.0 Å². The molecule has 2 aliphatic rings. The van der Waals surface area contributed by atoms with Crippen LogP contribution in [0.25, 0.3) is 10.8 Å². The number of carbonyl (C=O) groups is 4. The number of benzene rings is 4. The van der Waals surface area contributed by atoms with Crippen molar-refractivity contribution in [3.63, 3.8) is 0 Å². The van der Waals surface area contributed by atoms with Crippen LogP contribution in [0.1, 0.15) is 87.8 Å². The topological polar surface area (TPSA) is 130 Å². The van der Waals surface area contributed by atoms with Gasteiger partial charge in [0.2, 0.25) is 11.8 Å². The van der Waals surface area contributed by atoms with E-state index in [4.69, 9.17) is 0 Å². The fraction of sp³-hybridized carbons (Fsp3) is 0.321. The second-order valence-corrected chi connectivity index (χ2v) is 16.8. The molecule has 66 heavy (non-hydrogen) atoms. The van der Waals surface area contributed by atoms with Crippen LogP contribution in [0, 0.1) is 0 Å². The number of nitrogens with zero attached hydrogens (tertiary/aromatic N) is 3. The molecule has 10 nitrogen and oxygen atoms in total. The zero-order valence-corrected chi connectivity index (χ0v) is 38.1. The highest BCUT2D eigenvalue weighted by Crippen LogP contribution is 2.35. The van der Waals surface area contributed by atoms with Crippen molar-refractivity contribution in [2.24, 2.45) is 0 Å². The number of hydrogen-bond donors (Lipinski definition) is 3. The molecule has 2 fully saturated rings. The molecule has 0 unspecified atom stereocenters. The zero-order chi connectivity index (χ0) is 46.5. The Labute approximate surface area is 390 Å². The molecule has 0 spiro atoms. The number of hydrogen-bond acceptors (Lipinski definition) is 5. The van der Waals surface area contributed by atoms with Crippen LogP contribution >= 0.6 is 0 Å². The van der Waals surface area contributed by atoms with E-state index in [0.29, 0.717) is 25.7 Å². The lowest BCUT2D eigenvalue weighted by molar-refractivity contribution is -0.170. The number of phenolic OH excluding ortho intramolecular Hbond substituents is 1. The quantitative estimate of drug-likeness (QED) is 0.0674. The van der Waals surface area contributed by atoms with Gasteiger partial charge in [-0.2, -0.15) is 0 Å². The van der Waals surface area contributed by atoms with Gasteiger partial charge in [-0.3, -0.25) is 19.3 Å². The van der Waals surface area contributed by atoms with Crippen LogP contribution in [0.3, 0.4) is 0 Å². The minimum absolute atomic E-state index is 0.0159. The first-order chi connectivity index (χ1) is 32.2. The monoisotopic (exact) mass is 888 g/mol. The van der Waals surface area contributed by atoms with Crippen molar-refractivity contribution in [2.45, 2.75) is 109 Å². The minimum Gasteiger partial charge on any atom is -0.508 e. The average molecular weight is 889 g/mol. The first kappa shape index (κ1) is 48.5. The van der Waals surface area contributed by atoms with Crippen LogP contribution in [-0.4, -0.2) is 73.5 Å². The van der Waals surface area contributed by atoms with Gasteiger partial charge in [0, 0.05) is 38.4 Å². The summed E-state index contributed by atoms with van der Waals surface area (Å²) in [5.74, 6) is -1.16. The second-order valence-electron chi connectivity index (χ2n) is 16.8. The number of carbonyl (C=O) groups excluding carboxylic acids is 3. The van der Waals surface area contributed by atoms with E-state index < -0.39 is 24.2 Å². The molecule has 6 rings (SSSR count). The van der Waals surface area contributed by atoms with Crippen molar-refractivity contribution < 1.29 is 29.4 Å². The van der Waals surface area contributed by atoms with Crippen LogP contribution in [0.15, 0.2) is 169 Å². The van der Waals surface area contributed by atoms with Crippen LogP contribution < -0.4 is 5.32 Å². The highest BCUT2D eigenvalue weighted by Gasteiger charge is 2.51. The third-order valence-electron chi connectivity index (χ3n) is 12.0. The number of allylic oxidation sites excluding steroid dienone is 11. The van der Waals surface area contributed by atoms with Crippen LogP contribution in [-0.2, 0) is 33.9 Å². The molecule has 3 N–H and O–H groups in total. The van der Waals surface area contributed by atoms with E-state index in [0.717, 1.165) is 58.7 Å². The van der Waals surface area contributed by atoms with Gasteiger partial charge in [-0.1, -0.05) is 164 Å². The molecule has 10 heteroatoms. The fourth-order valence-corrected chi connectivity index (χ4v) is 8.70. The Morgan fingerprint density at radius 1 is 0.742 bits per heavy atom. The SMILES string of the molecule is CCC=CCC=CCC=CCC=CCC=C(CC=CCCC(=O)O)C[C@H]1CC(=O)N2[C@H](CN(Cc3cccc4ccccc34)C(=O)[C@@H]2Cc2ccc(O)cc2)N1C(=O)NCc1ccccc1. The number of amides is 4. The maximum absolute atomic E-state index is 14.8. The smallest absolute Gasteiger partial charge is 0.319 e. The van der Waals surface area contributed by atoms with E-state index in [1.165, 1.54) is 0 Å². The largest absolute Gasteiger partial charge is 0.508 e. The van der Waals surface area contributed by atoms with Crippen LogP contribution in [0.2, 0.25) is 0 Å². The number of fused-ring (bicyclic) bond motifs is 2. The molecule has 344 valence electrons. The summed E-state index contributed by atoms with van der Waals surface area (Å²) in [5, 5.41) is 24.6. The standard InChI is InChI=1S/C56H64N4O6/c1-2-3-4-5-6-7-8-9-10-11-12-13-16-24-43(25-17-15-20-32-54(63)64)37-48-39-53(62)60-51(38-44-33-35-49(61)36-34-44)55(65)58(41-47-30-23-29-46-28-21-22-31-50(46)47)42-52(60)59(48)56(66)57-40-45-26-18-14-19-27-45/h3-4,6-7,9-10,12-15,17-19,21-24,26-31,33-36,48,51-52,61H,2,5,8,11,16,20,25,32,37-42H2,1H3,(H,57,66)(H,63,64)/t48-,51-,52+/m0/s1. The normalized spacial score (nSPS) is 18.2. The number of urea groups is 1. The van der Waals surface area contributed by atoms with Gasteiger partial charge in [0.25, 0.3) is 0 Å². The number of carboxylic acid groups (broad SMARTS) is 1. The summed E-state index contributed by atoms with van der Waals surface area (Å²) in [6.45, 7) is 2.81. The Kier molecular flexibility index (Phi) is 18.8. The molecule has 2 aliphatic heterocycles. The average Bonchev–Trinajstić information content (AvgIpc) is 3.31. The molecule has 4 aromatic carbocycles. The van der Waals surface area contributed by atoms with Crippen molar-refractivity contribution in [2.75, 3.05) is 6.54 Å².